The maximum Gasteiger partial charge on any atom is 0.339 e. The summed E-state index contributed by atoms with van der Waals surface area (Å²) in [5.41, 5.74) is 13.4. The van der Waals surface area contributed by atoms with Gasteiger partial charge in [-0.1, -0.05) is 48.0 Å². The van der Waals surface area contributed by atoms with Gasteiger partial charge >= 0.3 is 5.97 Å². The average molecular weight is 407 g/mol. The van der Waals surface area contributed by atoms with Crippen molar-refractivity contribution in [3.05, 3.63) is 71.0 Å². The highest BCUT2D eigenvalue weighted by atomic mass is 35.5. The highest BCUT2D eigenvalue weighted by Gasteiger charge is 2.17. The number of halogens is 1. The number of benzene rings is 2. The van der Waals surface area contributed by atoms with Gasteiger partial charge in [0.2, 0.25) is 11.9 Å². The number of aromatic nitrogens is 4. The Morgan fingerprint density at radius 2 is 1.62 bits per heavy atom. The molecule has 0 saturated carbocycles. The molecule has 0 aliphatic carbocycles. The molecule has 0 aliphatic heterocycles. The van der Waals surface area contributed by atoms with Crippen LogP contribution in [0.3, 0.4) is 0 Å². The quantitative estimate of drug-likeness (QED) is 0.494. The lowest BCUT2D eigenvalue weighted by Crippen LogP contribution is -2.11. The number of hydrogen-bond donors (Lipinski definition) is 2. The summed E-state index contributed by atoms with van der Waals surface area (Å²) in [6, 6.07) is 16.2. The zero-order valence-corrected chi connectivity index (χ0v) is 15.8. The van der Waals surface area contributed by atoms with Crippen LogP contribution in [0.25, 0.3) is 22.2 Å². The number of para-hydroxylation sites is 1. The van der Waals surface area contributed by atoms with Crippen molar-refractivity contribution in [2.24, 2.45) is 0 Å². The molecule has 0 saturated heterocycles. The lowest BCUT2D eigenvalue weighted by molar-refractivity contribution is 0.0464. The van der Waals surface area contributed by atoms with Crippen molar-refractivity contribution in [2.45, 2.75) is 6.61 Å². The van der Waals surface area contributed by atoms with Crippen LogP contribution in [-0.4, -0.2) is 25.9 Å². The van der Waals surface area contributed by atoms with Crippen LogP contribution in [0.15, 0.2) is 54.6 Å². The van der Waals surface area contributed by atoms with Crippen molar-refractivity contribution >= 4 is 40.4 Å². The molecule has 0 amide bonds. The first-order valence-corrected chi connectivity index (χ1v) is 8.97. The summed E-state index contributed by atoms with van der Waals surface area (Å²) in [6.07, 6.45) is 0. The summed E-state index contributed by atoms with van der Waals surface area (Å²) in [5.74, 6) is -0.486. The summed E-state index contributed by atoms with van der Waals surface area (Å²) in [5, 5.41) is 1.19. The zero-order chi connectivity index (χ0) is 20.4. The van der Waals surface area contributed by atoms with Gasteiger partial charge in [0.1, 0.15) is 0 Å². The number of fused-ring (bicyclic) bond motifs is 1. The number of nitrogens with two attached hydrogens (primary N) is 2. The molecule has 0 bridgehead atoms. The van der Waals surface area contributed by atoms with Gasteiger partial charge in [-0.25, -0.2) is 9.78 Å². The van der Waals surface area contributed by atoms with E-state index in [9.17, 15) is 4.79 Å². The lowest BCUT2D eigenvalue weighted by Gasteiger charge is -2.11. The third-order valence-corrected chi connectivity index (χ3v) is 4.46. The summed E-state index contributed by atoms with van der Waals surface area (Å²) in [7, 11) is 0. The zero-order valence-electron chi connectivity index (χ0n) is 15.0. The summed E-state index contributed by atoms with van der Waals surface area (Å²) in [6.45, 7) is -0.201. The minimum Gasteiger partial charge on any atom is -0.454 e. The minimum atomic E-state index is -0.561. The van der Waals surface area contributed by atoms with Gasteiger partial charge in [0.05, 0.1) is 16.8 Å². The van der Waals surface area contributed by atoms with E-state index in [1.807, 2.05) is 36.4 Å². The van der Waals surface area contributed by atoms with Gasteiger partial charge in [-0.05, 0) is 18.2 Å². The molecule has 2 aromatic heterocycles. The van der Waals surface area contributed by atoms with Crippen molar-refractivity contribution in [2.75, 3.05) is 11.5 Å². The second-order valence-electron chi connectivity index (χ2n) is 6.10. The first-order valence-electron chi connectivity index (χ1n) is 8.59. The Hall–Kier alpha value is -3.78. The number of anilines is 2. The molecule has 4 aromatic rings. The van der Waals surface area contributed by atoms with Crippen molar-refractivity contribution in [1.29, 1.82) is 0 Å². The highest BCUT2D eigenvalue weighted by molar-refractivity contribution is 6.33. The van der Waals surface area contributed by atoms with Crippen LogP contribution in [0.2, 0.25) is 5.02 Å². The third-order valence-electron chi connectivity index (χ3n) is 4.13. The summed E-state index contributed by atoms with van der Waals surface area (Å²) < 4.78 is 5.39. The number of hydrogen-bond acceptors (Lipinski definition) is 8. The number of ether oxygens (including phenoxy) is 1. The molecule has 0 atom stereocenters. The van der Waals surface area contributed by atoms with Crippen LogP contribution in [-0.2, 0) is 11.3 Å². The number of carbonyl (C=O) groups is 1. The molecule has 9 heteroatoms. The van der Waals surface area contributed by atoms with E-state index in [2.05, 4.69) is 19.9 Å². The van der Waals surface area contributed by atoms with E-state index in [0.29, 0.717) is 32.7 Å². The van der Waals surface area contributed by atoms with Crippen LogP contribution < -0.4 is 11.5 Å². The van der Waals surface area contributed by atoms with E-state index in [1.54, 1.807) is 18.2 Å². The van der Waals surface area contributed by atoms with E-state index < -0.39 is 5.97 Å². The Labute approximate surface area is 170 Å². The number of carbonyl (C=O) groups excluding carboxylic acids is 1. The Morgan fingerprint density at radius 3 is 2.38 bits per heavy atom. The van der Waals surface area contributed by atoms with Gasteiger partial charge in [0, 0.05) is 16.0 Å². The predicted octanol–water partition coefficient (Wildman–Crippen LogP) is 3.26. The smallest absolute Gasteiger partial charge is 0.339 e. The van der Waals surface area contributed by atoms with E-state index >= 15 is 0 Å². The van der Waals surface area contributed by atoms with Crippen LogP contribution >= 0.6 is 11.6 Å². The van der Waals surface area contributed by atoms with Crippen LogP contribution in [0.5, 0.6) is 0 Å². The molecule has 2 aromatic carbocycles. The fourth-order valence-electron chi connectivity index (χ4n) is 2.88. The van der Waals surface area contributed by atoms with Crippen molar-refractivity contribution < 1.29 is 9.53 Å². The fraction of sp³-hybridized carbons (Fsp3) is 0.0500. The molecule has 144 valence electrons. The van der Waals surface area contributed by atoms with Crippen molar-refractivity contribution in [1.82, 2.24) is 19.9 Å². The van der Waals surface area contributed by atoms with Gasteiger partial charge in [0.25, 0.3) is 0 Å². The van der Waals surface area contributed by atoms with Gasteiger partial charge in [-0.3, -0.25) is 0 Å². The largest absolute Gasteiger partial charge is 0.454 e. The van der Waals surface area contributed by atoms with Gasteiger partial charge < -0.3 is 16.2 Å². The second kappa shape index (κ2) is 7.69. The molecule has 2 heterocycles. The maximum absolute atomic E-state index is 12.9. The Kier molecular flexibility index (Phi) is 4.92. The normalized spacial score (nSPS) is 10.8. The van der Waals surface area contributed by atoms with E-state index in [0.717, 1.165) is 0 Å². The molecule has 4 N–H and O–H groups in total. The summed E-state index contributed by atoms with van der Waals surface area (Å²) in [4.78, 5) is 29.0. The fourth-order valence-corrected chi connectivity index (χ4v) is 3.11. The van der Waals surface area contributed by atoms with Crippen molar-refractivity contribution in [3.8, 4) is 11.3 Å². The molecule has 0 fully saturated rings. The number of rotatable bonds is 4. The van der Waals surface area contributed by atoms with E-state index in [-0.39, 0.29) is 24.3 Å². The molecule has 0 radical (unpaired) electrons. The minimum absolute atomic E-state index is 0.0427. The molecule has 0 spiro atoms. The predicted molar refractivity (Wildman–Crippen MR) is 110 cm³/mol. The third kappa shape index (κ3) is 3.92. The Bertz CT molecular complexity index is 1210. The van der Waals surface area contributed by atoms with Crippen LogP contribution in [0.1, 0.15) is 16.2 Å². The number of esters is 1. The van der Waals surface area contributed by atoms with E-state index in [4.69, 9.17) is 27.8 Å². The number of pyridine rings is 1. The van der Waals surface area contributed by atoms with Crippen molar-refractivity contribution in [3.63, 3.8) is 0 Å². The lowest BCUT2D eigenvalue weighted by atomic mass is 10.0. The SMILES string of the molecule is Nc1nc(N)nc(COC(=O)c2cc(-c3ccccc3Cl)nc3ccccc23)n1. The van der Waals surface area contributed by atoms with Gasteiger partial charge in [0.15, 0.2) is 12.4 Å². The summed E-state index contributed by atoms with van der Waals surface area (Å²) >= 11 is 6.31. The Balaban J connectivity index is 1.72. The monoisotopic (exact) mass is 406 g/mol. The molecule has 0 unspecified atom stereocenters. The standard InChI is InChI=1S/C20H15ClN6O2/c21-14-7-3-1-6-12(14)16-9-13(11-5-2-4-8-15(11)24-16)18(28)29-10-17-25-19(22)27-20(23)26-17/h1-9H,10H2,(H4,22,23,25,26,27). The van der Waals surface area contributed by atoms with Gasteiger partial charge in [-0.15, -0.1) is 0 Å². The molecular weight excluding hydrogens is 392 g/mol. The highest BCUT2D eigenvalue weighted by Crippen LogP contribution is 2.30. The van der Waals surface area contributed by atoms with E-state index in [1.165, 1.54) is 0 Å². The Morgan fingerprint density at radius 1 is 0.931 bits per heavy atom. The first kappa shape index (κ1) is 18.6. The first-order chi connectivity index (χ1) is 14.0. The topological polar surface area (TPSA) is 130 Å². The second-order valence-corrected chi connectivity index (χ2v) is 6.50. The number of nitrogen functional groups attached to an aromatic ring is 2. The molecule has 4 rings (SSSR count). The average Bonchev–Trinajstić information content (AvgIpc) is 2.71. The molecule has 29 heavy (non-hydrogen) atoms. The molecule has 8 nitrogen and oxygen atoms in total. The molecular formula is C20H15ClN6O2. The van der Waals surface area contributed by atoms with Crippen LogP contribution in [0, 0.1) is 0 Å². The van der Waals surface area contributed by atoms with Crippen LogP contribution in [0.4, 0.5) is 11.9 Å². The molecule has 0 aliphatic rings. The number of nitrogens with zero attached hydrogens (tertiary/aromatic N) is 4. The maximum atomic E-state index is 12.9. The van der Waals surface area contributed by atoms with Gasteiger partial charge in [-0.2, -0.15) is 15.0 Å².